The van der Waals surface area contributed by atoms with E-state index in [0.717, 1.165) is 6.07 Å². The number of esters is 1. The molecule has 100 valence electrons. The highest BCUT2D eigenvalue weighted by Crippen LogP contribution is 2.27. The zero-order chi connectivity index (χ0) is 13.7. The van der Waals surface area contributed by atoms with Crippen LogP contribution in [0.4, 0.5) is 13.2 Å². The van der Waals surface area contributed by atoms with Crippen molar-refractivity contribution in [1.82, 2.24) is 4.98 Å². The number of pyridine rings is 1. The average Bonchev–Trinajstić information content (AvgIpc) is 2.27. The minimum absolute atomic E-state index is 0.106. The number of carbonyl (C=O) groups excluding carboxylic acids is 1. The number of methoxy groups -OCH3 is 1. The second kappa shape index (κ2) is 6.23. The van der Waals surface area contributed by atoms with Gasteiger partial charge in [-0.15, -0.1) is 0 Å². The zero-order valence-corrected chi connectivity index (χ0v) is 9.87. The molecule has 1 rings (SSSR count). The number of alkyl halides is 2. The number of carbonyl (C=O) groups is 1. The van der Waals surface area contributed by atoms with E-state index in [1.807, 2.05) is 0 Å². The molecule has 0 aliphatic heterocycles. The molecule has 0 amide bonds. The first-order chi connectivity index (χ1) is 8.49. The molecular weight excluding hydrogens is 251 g/mol. The van der Waals surface area contributed by atoms with Gasteiger partial charge in [-0.25, -0.2) is 18.2 Å². The van der Waals surface area contributed by atoms with Crippen LogP contribution in [-0.4, -0.2) is 24.7 Å². The third kappa shape index (κ3) is 3.35. The van der Waals surface area contributed by atoms with E-state index in [0.29, 0.717) is 0 Å². The minimum atomic E-state index is -3.06. The first kappa shape index (κ1) is 14.3. The quantitative estimate of drug-likeness (QED) is 0.765. The molecule has 0 aliphatic carbocycles. The van der Waals surface area contributed by atoms with Crippen molar-refractivity contribution in [1.29, 1.82) is 0 Å². The van der Waals surface area contributed by atoms with Crippen molar-refractivity contribution in [2.24, 2.45) is 0 Å². The van der Waals surface area contributed by atoms with Gasteiger partial charge in [0, 0.05) is 6.07 Å². The Morgan fingerprint density at radius 3 is 2.67 bits per heavy atom. The number of halogens is 3. The van der Waals surface area contributed by atoms with Gasteiger partial charge >= 0.3 is 5.97 Å². The van der Waals surface area contributed by atoms with Gasteiger partial charge in [-0.1, -0.05) is 0 Å². The van der Waals surface area contributed by atoms with Crippen LogP contribution in [0.1, 0.15) is 24.6 Å². The van der Waals surface area contributed by atoms with Crippen molar-refractivity contribution in [3.05, 3.63) is 23.1 Å². The third-order valence-corrected chi connectivity index (χ3v) is 2.11. The molecule has 0 radical (unpaired) electrons. The molecule has 4 nitrogen and oxygen atoms in total. The monoisotopic (exact) mass is 263 g/mol. The van der Waals surface area contributed by atoms with E-state index in [9.17, 15) is 18.0 Å². The zero-order valence-electron chi connectivity index (χ0n) is 9.87. The van der Waals surface area contributed by atoms with Gasteiger partial charge in [0.05, 0.1) is 31.4 Å². The van der Waals surface area contributed by atoms with Gasteiger partial charge in [0.1, 0.15) is 5.82 Å². The topological polar surface area (TPSA) is 48.4 Å². The summed E-state index contributed by atoms with van der Waals surface area (Å²) in [6.07, 6.45) is -3.59. The van der Waals surface area contributed by atoms with E-state index < -0.39 is 30.2 Å². The fourth-order valence-electron chi connectivity index (χ4n) is 1.37. The molecule has 0 atom stereocenters. The lowest BCUT2D eigenvalue weighted by atomic mass is 10.1. The van der Waals surface area contributed by atoms with Gasteiger partial charge in [0.2, 0.25) is 5.88 Å². The van der Waals surface area contributed by atoms with Crippen LogP contribution in [0.25, 0.3) is 0 Å². The Bertz CT molecular complexity index is 438. The smallest absolute Gasteiger partial charge is 0.311 e. The summed E-state index contributed by atoms with van der Waals surface area (Å²) in [7, 11) is 1.22. The maximum atomic E-state index is 13.4. The maximum Gasteiger partial charge on any atom is 0.311 e. The summed E-state index contributed by atoms with van der Waals surface area (Å²) < 4.78 is 48.1. The van der Waals surface area contributed by atoms with E-state index in [-0.39, 0.29) is 18.2 Å². The van der Waals surface area contributed by atoms with Crippen LogP contribution >= 0.6 is 0 Å². The normalized spacial score (nSPS) is 10.6. The van der Waals surface area contributed by atoms with Crippen molar-refractivity contribution < 1.29 is 27.4 Å². The Morgan fingerprint density at radius 1 is 1.50 bits per heavy atom. The van der Waals surface area contributed by atoms with E-state index in [1.165, 1.54) is 7.11 Å². The summed E-state index contributed by atoms with van der Waals surface area (Å²) >= 11 is 0. The molecule has 0 aromatic carbocycles. The van der Waals surface area contributed by atoms with Crippen molar-refractivity contribution >= 4 is 5.97 Å². The fraction of sp³-hybridized carbons (Fsp3) is 0.455. The van der Waals surface area contributed by atoms with E-state index in [2.05, 4.69) is 14.5 Å². The van der Waals surface area contributed by atoms with Gasteiger partial charge in [0.15, 0.2) is 0 Å². The molecule has 1 aromatic heterocycles. The van der Waals surface area contributed by atoms with Crippen molar-refractivity contribution in [3.63, 3.8) is 0 Å². The second-order valence-electron chi connectivity index (χ2n) is 3.29. The number of aromatic nitrogens is 1. The van der Waals surface area contributed by atoms with Gasteiger partial charge < -0.3 is 9.47 Å². The van der Waals surface area contributed by atoms with Gasteiger partial charge in [-0.2, -0.15) is 0 Å². The number of hydrogen-bond acceptors (Lipinski definition) is 4. The van der Waals surface area contributed by atoms with Crippen LogP contribution in [0.3, 0.4) is 0 Å². The van der Waals surface area contributed by atoms with Crippen LogP contribution in [0.15, 0.2) is 6.07 Å². The lowest BCUT2D eigenvalue weighted by Gasteiger charge is -2.10. The molecule has 0 N–H and O–H groups in total. The van der Waals surface area contributed by atoms with Gasteiger partial charge in [-0.05, 0) is 6.92 Å². The van der Waals surface area contributed by atoms with Crippen molar-refractivity contribution in [3.8, 4) is 5.88 Å². The van der Waals surface area contributed by atoms with Crippen LogP contribution in [-0.2, 0) is 16.0 Å². The molecule has 0 bridgehead atoms. The van der Waals surface area contributed by atoms with E-state index >= 15 is 0 Å². The van der Waals surface area contributed by atoms with Crippen LogP contribution in [0, 0.1) is 5.82 Å². The largest absolute Gasteiger partial charge is 0.481 e. The summed E-state index contributed by atoms with van der Waals surface area (Å²) in [6.45, 7) is 1.68. The van der Waals surface area contributed by atoms with Gasteiger partial charge in [-0.3, -0.25) is 4.79 Å². The lowest BCUT2D eigenvalue weighted by Crippen LogP contribution is -2.13. The lowest BCUT2D eigenvalue weighted by molar-refractivity contribution is -0.142. The molecular formula is C11H12F3NO3. The Labute approximate surface area is 102 Å². The Balaban J connectivity index is 3.13. The molecule has 0 spiro atoms. The Morgan fingerprint density at radius 2 is 2.17 bits per heavy atom. The minimum Gasteiger partial charge on any atom is -0.481 e. The molecule has 0 saturated carbocycles. The Hall–Kier alpha value is -1.79. The number of hydrogen-bond donors (Lipinski definition) is 0. The van der Waals surface area contributed by atoms with Crippen LogP contribution in [0.2, 0.25) is 0 Å². The average molecular weight is 263 g/mol. The number of nitrogens with zero attached hydrogens (tertiary/aromatic N) is 1. The van der Waals surface area contributed by atoms with Gasteiger partial charge in [0.25, 0.3) is 6.43 Å². The summed E-state index contributed by atoms with van der Waals surface area (Å²) in [6, 6.07) is 0.746. The standard InChI is InChI=1S/C11H12F3NO3/c1-3-18-9(16)5-7-10(11(13)14)6(12)4-8(15-7)17-2/h4,11H,3,5H2,1-2H3. The number of rotatable bonds is 5. The molecule has 0 aliphatic rings. The van der Waals surface area contributed by atoms with Crippen molar-refractivity contribution in [2.75, 3.05) is 13.7 Å². The molecule has 0 unspecified atom stereocenters. The number of ether oxygens (including phenoxy) is 2. The summed E-state index contributed by atoms with van der Waals surface area (Å²) in [5.74, 6) is -2.08. The first-order valence-electron chi connectivity index (χ1n) is 5.16. The third-order valence-electron chi connectivity index (χ3n) is 2.11. The molecule has 7 heteroatoms. The maximum absolute atomic E-state index is 13.4. The molecule has 0 fully saturated rings. The predicted octanol–water partition coefficient (Wildman–Crippen LogP) is 2.27. The molecule has 18 heavy (non-hydrogen) atoms. The predicted molar refractivity (Wildman–Crippen MR) is 56.0 cm³/mol. The fourth-order valence-corrected chi connectivity index (χ4v) is 1.37. The van der Waals surface area contributed by atoms with E-state index in [4.69, 9.17) is 0 Å². The summed E-state index contributed by atoms with van der Waals surface area (Å²) in [4.78, 5) is 14.9. The molecule has 1 aromatic rings. The van der Waals surface area contributed by atoms with E-state index in [1.54, 1.807) is 6.92 Å². The first-order valence-corrected chi connectivity index (χ1v) is 5.16. The highest BCUT2D eigenvalue weighted by molar-refractivity contribution is 5.72. The summed E-state index contributed by atoms with van der Waals surface area (Å²) in [5.41, 5.74) is -1.27. The van der Waals surface area contributed by atoms with Crippen LogP contribution < -0.4 is 4.74 Å². The van der Waals surface area contributed by atoms with Crippen molar-refractivity contribution in [2.45, 2.75) is 19.8 Å². The SMILES string of the molecule is CCOC(=O)Cc1nc(OC)cc(F)c1C(F)F. The second-order valence-corrected chi connectivity index (χ2v) is 3.29. The summed E-state index contributed by atoms with van der Waals surface area (Å²) in [5, 5.41) is 0. The molecule has 1 heterocycles. The highest BCUT2D eigenvalue weighted by Gasteiger charge is 2.23. The van der Waals surface area contributed by atoms with Crippen LogP contribution in [0.5, 0.6) is 5.88 Å². The Kier molecular flexibility index (Phi) is 4.94. The molecule has 0 saturated heterocycles. The highest BCUT2D eigenvalue weighted by atomic mass is 19.3.